The SMILES string of the molecule is CCCC(C)CS(=O)(=O)c1ccc(F)c(C(=O)O)c1. The largest absolute Gasteiger partial charge is 0.478 e. The summed E-state index contributed by atoms with van der Waals surface area (Å²) in [5, 5.41) is 8.79. The lowest BCUT2D eigenvalue weighted by Gasteiger charge is -2.11. The molecule has 0 fully saturated rings. The number of carboxylic acids is 1. The molecule has 6 heteroatoms. The van der Waals surface area contributed by atoms with Crippen LogP contribution in [0.5, 0.6) is 0 Å². The molecule has 1 aromatic carbocycles. The molecule has 1 aromatic rings. The molecule has 0 aliphatic heterocycles. The molecule has 0 saturated heterocycles. The highest BCUT2D eigenvalue weighted by Crippen LogP contribution is 2.20. The van der Waals surface area contributed by atoms with Gasteiger partial charge in [-0.1, -0.05) is 20.3 Å². The van der Waals surface area contributed by atoms with Crippen LogP contribution in [-0.2, 0) is 9.84 Å². The normalized spacial score (nSPS) is 13.2. The van der Waals surface area contributed by atoms with Gasteiger partial charge in [-0.05, 0) is 30.5 Å². The summed E-state index contributed by atoms with van der Waals surface area (Å²) in [4.78, 5) is 10.6. The van der Waals surface area contributed by atoms with Crippen molar-refractivity contribution in [1.82, 2.24) is 0 Å². The molecule has 0 saturated carbocycles. The number of hydrogen-bond donors (Lipinski definition) is 1. The molecule has 0 aliphatic carbocycles. The molecule has 106 valence electrons. The van der Waals surface area contributed by atoms with Crippen LogP contribution in [0.1, 0.15) is 37.0 Å². The van der Waals surface area contributed by atoms with Gasteiger partial charge < -0.3 is 5.11 Å². The van der Waals surface area contributed by atoms with Crippen LogP contribution in [0.2, 0.25) is 0 Å². The van der Waals surface area contributed by atoms with Crippen molar-refractivity contribution in [2.24, 2.45) is 5.92 Å². The van der Waals surface area contributed by atoms with E-state index in [0.717, 1.165) is 31.0 Å². The molecule has 0 heterocycles. The van der Waals surface area contributed by atoms with Gasteiger partial charge in [0.05, 0.1) is 16.2 Å². The van der Waals surface area contributed by atoms with E-state index in [-0.39, 0.29) is 16.6 Å². The topological polar surface area (TPSA) is 71.4 Å². The van der Waals surface area contributed by atoms with Crippen molar-refractivity contribution in [3.05, 3.63) is 29.6 Å². The molecule has 0 spiro atoms. The van der Waals surface area contributed by atoms with Gasteiger partial charge in [-0.25, -0.2) is 17.6 Å². The number of carboxylic acid groups (broad SMARTS) is 1. The Morgan fingerprint density at radius 3 is 2.58 bits per heavy atom. The Morgan fingerprint density at radius 2 is 2.05 bits per heavy atom. The Morgan fingerprint density at radius 1 is 1.42 bits per heavy atom. The monoisotopic (exact) mass is 288 g/mol. The number of rotatable bonds is 6. The first-order valence-corrected chi connectivity index (χ1v) is 7.68. The van der Waals surface area contributed by atoms with E-state index in [2.05, 4.69) is 0 Å². The Bertz CT molecular complexity index is 566. The molecule has 1 N–H and O–H groups in total. The van der Waals surface area contributed by atoms with Gasteiger partial charge in [-0.3, -0.25) is 0 Å². The Balaban J connectivity index is 3.08. The maximum Gasteiger partial charge on any atom is 0.338 e. The van der Waals surface area contributed by atoms with Crippen LogP contribution in [0.3, 0.4) is 0 Å². The van der Waals surface area contributed by atoms with E-state index >= 15 is 0 Å². The summed E-state index contributed by atoms with van der Waals surface area (Å²) >= 11 is 0. The number of sulfone groups is 1. The third kappa shape index (κ3) is 4.02. The fourth-order valence-corrected chi connectivity index (χ4v) is 3.59. The van der Waals surface area contributed by atoms with Gasteiger partial charge in [0.25, 0.3) is 0 Å². The zero-order chi connectivity index (χ0) is 14.6. The molecule has 0 aromatic heterocycles. The van der Waals surface area contributed by atoms with E-state index < -0.39 is 27.2 Å². The third-order valence-corrected chi connectivity index (χ3v) is 4.79. The van der Waals surface area contributed by atoms with Crippen molar-refractivity contribution >= 4 is 15.8 Å². The fourth-order valence-electron chi connectivity index (χ4n) is 1.91. The zero-order valence-electron chi connectivity index (χ0n) is 10.9. The summed E-state index contributed by atoms with van der Waals surface area (Å²) < 4.78 is 37.4. The minimum Gasteiger partial charge on any atom is -0.478 e. The highest BCUT2D eigenvalue weighted by molar-refractivity contribution is 7.91. The summed E-state index contributed by atoms with van der Waals surface area (Å²) in [7, 11) is -3.58. The molecule has 1 unspecified atom stereocenters. The number of hydrogen-bond acceptors (Lipinski definition) is 3. The van der Waals surface area contributed by atoms with Crippen LogP contribution in [0.4, 0.5) is 4.39 Å². The van der Waals surface area contributed by atoms with Gasteiger partial charge in [-0.2, -0.15) is 0 Å². The lowest BCUT2D eigenvalue weighted by atomic mass is 10.1. The van der Waals surface area contributed by atoms with Gasteiger partial charge in [0.1, 0.15) is 5.82 Å². The first kappa shape index (κ1) is 15.6. The van der Waals surface area contributed by atoms with Crippen LogP contribution < -0.4 is 0 Å². The van der Waals surface area contributed by atoms with E-state index in [4.69, 9.17) is 5.11 Å². The summed E-state index contributed by atoms with van der Waals surface area (Å²) in [6, 6.07) is 2.86. The van der Waals surface area contributed by atoms with Crippen LogP contribution in [0.15, 0.2) is 23.1 Å². The second kappa shape index (κ2) is 6.14. The highest BCUT2D eigenvalue weighted by Gasteiger charge is 2.21. The maximum absolute atomic E-state index is 13.2. The maximum atomic E-state index is 13.2. The molecule has 1 rings (SSSR count). The third-order valence-electron chi connectivity index (χ3n) is 2.81. The standard InChI is InChI=1S/C13H17FO4S/c1-3-4-9(2)8-19(17,18)10-5-6-12(14)11(7-10)13(15)16/h5-7,9H,3-4,8H2,1-2H3,(H,15,16). The Hall–Kier alpha value is -1.43. The predicted octanol–water partition coefficient (Wildman–Crippen LogP) is 2.73. The summed E-state index contributed by atoms with van der Waals surface area (Å²) in [5.74, 6) is -2.50. The van der Waals surface area contributed by atoms with Crippen LogP contribution in [0, 0.1) is 11.7 Å². The minimum atomic E-state index is -3.58. The second-order valence-corrected chi connectivity index (χ2v) is 6.66. The quantitative estimate of drug-likeness (QED) is 0.817. The molecule has 4 nitrogen and oxygen atoms in total. The van der Waals surface area contributed by atoms with Gasteiger partial charge in [-0.15, -0.1) is 0 Å². The van der Waals surface area contributed by atoms with Gasteiger partial charge in [0, 0.05) is 0 Å². The van der Waals surface area contributed by atoms with E-state index in [1.165, 1.54) is 0 Å². The smallest absolute Gasteiger partial charge is 0.338 e. The van der Waals surface area contributed by atoms with E-state index in [0.29, 0.717) is 0 Å². The number of aromatic carboxylic acids is 1. The van der Waals surface area contributed by atoms with Crippen molar-refractivity contribution in [1.29, 1.82) is 0 Å². The summed E-state index contributed by atoms with van der Waals surface area (Å²) in [6.07, 6.45) is 1.65. The van der Waals surface area contributed by atoms with E-state index in [1.807, 2.05) is 13.8 Å². The zero-order valence-corrected chi connectivity index (χ0v) is 11.7. The van der Waals surface area contributed by atoms with Gasteiger partial charge in [0.2, 0.25) is 0 Å². The van der Waals surface area contributed by atoms with Crippen LogP contribution in [0.25, 0.3) is 0 Å². The molecule has 0 aliphatic rings. The van der Waals surface area contributed by atoms with Crippen molar-refractivity contribution in [3.8, 4) is 0 Å². The Labute approximate surface area is 112 Å². The van der Waals surface area contributed by atoms with Crippen molar-refractivity contribution in [3.63, 3.8) is 0 Å². The second-order valence-electron chi connectivity index (χ2n) is 4.62. The molecular formula is C13H17FO4S. The summed E-state index contributed by atoms with van der Waals surface area (Å²) in [5.41, 5.74) is -0.621. The summed E-state index contributed by atoms with van der Waals surface area (Å²) in [6.45, 7) is 3.78. The van der Waals surface area contributed by atoms with Gasteiger partial charge in [0.15, 0.2) is 9.84 Å². The highest BCUT2D eigenvalue weighted by atomic mass is 32.2. The fraction of sp³-hybridized carbons (Fsp3) is 0.462. The molecule has 0 bridgehead atoms. The lowest BCUT2D eigenvalue weighted by Crippen LogP contribution is -2.15. The minimum absolute atomic E-state index is 0.0201. The lowest BCUT2D eigenvalue weighted by molar-refractivity contribution is 0.0691. The first-order valence-electron chi connectivity index (χ1n) is 6.03. The van der Waals surface area contributed by atoms with Gasteiger partial charge >= 0.3 is 5.97 Å². The molecule has 0 radical (unpaired) electrons. The van der Waals surface area contributed by atoms with Crippen molar-refractivity contribution in [2.45, 2.75) is 31.6 Å². The number of halogens is 1. The molecule has 0 amide bonds. The predicted molar refractivity (Wildman–Crippen MR) is 69.5 cm³/mol. The van der Waals surface area contributed by atoms with Crippen molar-refractivity contribution < 1.29 is 22.7 Å². The Kier molecular flexibility index (Phi) is 5.05. The van der Waals surface area contributed by atoms with E-state index in [9.17, 15) is 17.6 Å². The molecular weight excluding hydrogens is 271 g/mol. The molecule has 1 atom stereocenters. The van der Waals surface area contributed by atoms with E-state index in [1.54, 1.807) is 0 Å². The van der Waals surface area contributed by atoms with Crippen LogP contribution >= 0.6 is 0 Å². The number of benzene rings is 1. The van der Waals surface area contributed by atoms with Crippen molar-refractivity contribution in [2.75, 3.05) is 5.75 Å². The first-order chi connectivity index (χ1) is 8.77. The average molecular weight is 288 g/mol. The molecule has 19 heavy (non-hydrogen) atoms. The van der Waals surface area contributed by atoms with Crippen LogP contribution in [-0.4, -0.2) is 25.2 Å². The number of carbonyl (C=O) groups is 1. The average Bonchev–Trinajstić information content (AvgIpc) is 2.28.